The standard InChI is InChI=1S/C27H40N2O5S/c1-4-6-16-34-26(33)21-20-17-18(3)27(35-20)22(21)24(31)29(14-10-15-30)23(27)25(32)28(13-5-2)19-11-8-7-9-12-19/h4-5,18-23,30H,1-2,6-17H2,3H3/t18?,20-,21+,22+,23?,27?/m1/s1. The Labute approximate surface area is 213 Å². The highest BCUT2D eigenvalue weighted by atomic mass is 32.2. The number of esters is 1. The van der Waals surface area contributed by atoms with E-state index in [1.54, 1.807) is 28.8 Å². The van der Waals surface area contributed by atoms with Crippen LogP contribution < -0.4 is 0 Å². The molecule has 1 aliphatic carbocycles. The molecule has 1 N–H and O–H groups in total. The van der Waals surface area contributed by atoms with Crippen molar-refractivity contribution < 1.29 is 24.2 Å². The highest BCUT2D eigenvalue weighted by Crippen LogP contribution is 2.68. The van der Waals surface area contributed by atoms with Gasteiger partial charge in [0, 0.05) is 31.0 Å². The number of carbonyl (C=O) groups is 3. The van der Waals surface area contributed by atoms with E-state index in [0.29, 0.717) is 25.9 Å². The molecule has 1 saturated carbocycles. The van der Waals surface area contributed by atoms with E-state index < -0.39 is 22.6 Å². The predicted octanol–water partition coefficient (Wildman–Crippen LogP) is 3.17. The van der Waals surface area contributed by atoms with E-state index >= 15 is 0 Å². The summed E-state index contributed by atoms with van der Waals surface area (Å²) in [4.78, 5) is 45.2. The second-order valence-electron chi connectivity index (χ2n) is 10.5. The lowest BCUT2D eigenvalue weighted by Gasteiger charge is -2.43. The first-order chi connectivity index (χ1) is 16.9. The van der Waals surface area contributed by atoms with Crippen LogP contribution >= 0.6 is 11.8 Å². The number of carbonyl (C=O) groups excluding carboxylic acids is 3. The zero-order valence-corrected chi connectivity index (χ0v) is 21.7. The summed E-state index contributed by atoms with van der Waals surface area (Å²) >= 11 is 1.67. The van der Waals surface area contributed by atoms with Gasteiger partial charge >= 0.3 is 5.97 Å². The van der Waals surface area contributed by atoms with Crippen LogP contribution in [0, 0.1) is 17.8 Å². The van der Waals surface area contributed by atoms with Gasteiger partial charge in [-0.05, 0) is 38.0 Å². The summed E-state index contributed by atoms with van der Waals surface area (Å²) in [5, 5.41) is 9.53. The minimum absolute atomic E-state index is 0.0204. The van der Waals surface area contributed by atoms with E-state index in [1.807, 2.05) is 4.90 Å². The van der Waals surface area contributed by atoms with E-state index in [0.717, 1.165) is 32.1 Å². The minimum atomic E-state index is -0.648. The number of nitrogens with zero attached hydrogens (tertiary/aromatic N) is 2. The zero-order chi connectivity index (χ0) is 25.2. The van der Waals surface area contributed by atoms with Gasteiger partial charge in [0.15, 0.2) is 0 Å². The maximum absolute atomic E-state index is 14.4. The maximum atomic E-state index is 14.4. The van der Waals surface area contributed by atoms with Crippen LogP contribution in [0.1, 0.15) is 58.3 Å². The zero-order valence-electron chi connectivity index (χ0n) is 20.9. The topological polar surface area (TPSA) is 87.1 Å². The van der Waals surface area contributed by atoms with Gasteiger partial charge in [-0.3, -0.25) is 14.4 Å². The van der Waals surface area contributed by atoms with Gasteiger partial charge < -0.3 is 19.6 Å². The fourth-order valence-electron chi connectivity index (χ4n) is 7.00. The molecule has 3 aliphatic heterocycles. The highest BCUT2D eigenvalue weighted by molar-refractivity contribution is 8.02. The molecule has 3 saturated heterocycles. The van der Waals surface area contributed by atoms with Crippen molar-refractivity contribution in [2.45, 2.75) is 80.4 Å². The van der Waals surface area contributed by atoms with E-state index in [1.165, 1.54) is 6.42 Å². The predicted molar refractivity (Wildman–Crippen MR) is 137 cm³/mol. The lowest BCUT2D eigenvalue weighted by atomic mass is 9.66. The van der Waals surface area contributed by atoms with Crippen molar-refractivity contribution in [2.75, 3.05) is 26.3 Å². The van der Waals surface area contributed by atoms with Crippen molar-refractivity contribution >= 4 is 29.5 Å². The lowest BCUT2D eigenvalue weighted by molar-refractivity contribution is -0.154. The van der Waals surface area contributed by atoms with Gasteiger partial charge in [0.1, 0.15) is 6.04 Å². The van der Waals surface area contributed by atoms with Gasteiger partial charge in [-0.15, -0.1) is 24.9 Å². The number of likely N-dealkylation sites (tertiary alicyclic amines) is 1. The van der Waals surface area contributed by atoms with Crippen molar-refractivity contribution in [3.63, 3.8) is 0 Å². The largest absolute Gasteiger partial charge is 0.465 e. The number of thioether (sulfide) groups is 1. The third-order valence-corrected chi connectivity index (χ3v) is 10.6. The summed E-state index contributed by atoms with van der Waals surface area (Å²) in [7, 11) is 0. The van der Waals surface area contributed by atoms with Crippen LogP contribution in [0.3, 0.4) is 0 Å². The Kier molecular flexibility index (Phi) is 8.31. The average molecular weight is 505 g/mol. The molecule has 35 heavy (non-hydrogen) atoms. The van der Waals surface area contributed by atoms with E-state index in [4.69, 9.17) is 4.74 Å². The second-order valence-corrected chi connectivity index (χ2v) is 12.0. The molecule has 4 rings (SSSR count). The molecule has 2 bridgehead atoms. The van der Waals surface area contributed by atoms with Crippen LogP contribution in [0.15, 0.2) is 25.3 Å². The van der Waals surface area contributed by atoms with Crippen molar-refractivity contribution in [3.05, 3.63) is 25.3 Å². The fourth-order valence-corrected chi connectivity index (χ4v) is 9.40. The SMILES string of the molecule is C=CCCOC(=O)[C@@H]1[C@H]2C(=O)N(CCCO)C(C(=O)N(CC=C)C3CCCCC3)C23S[C@@H]1CC3C. The molecule has 3 heterocycles. The number of fused-ring (bicyclic) bond motifs is 1. The van der Waals surface area contributed by atoms with Gasteiger partial charge in [-0.1, -0.05) is 38.3 Å². The minimum Gasteiger partial charge on any atom is -0.465 e. The molecule has 0 radical (unpaired) electrons. The van der Waals surface area contributed by atoms with Gasteiger partial charge in [-0.2, -0.15) is 0 Å². The molecule has 8 heteroatoms. The van der Waals surface area contributed by atoms with Crippen molar-refractivity contribution in [2.24, 2.45) is 17.8 Å². The summed E-state index contributed by atoms with van der Waals surface area (Å²) in [6, 6.07) is -0.484. The van der Waals surface area contributed by atoms with Crippen molar-refractivity contribution in [3.8, 4) is 0 Å². The Morgan fingerprint density at radius 2 is 2.00 bits per heavy atom. The molecular weight excluding hydrogens is 464 g/mol. The number of ether oxygens (including phenoxy) is 1. The Hall–Kier alpha value is -1.80. The average Bonchev–Trinajstić information content (AvgIpc) is 3.45. The molecule has 6 atom stereocenters. The first kappa shape index (κ1) is 26.3. The lowest BCUT2D eigenvalue weighted by Crippen LogP contribution is -2.59. The Morgan fingerprint density at radius 3 is 2.66 bits per heavy atom. The molecule has 0 aromatic carbocycles. The summed E-state index contributed by atoms with van der Waals surface area (Å²) < 4.78 is 4.91. The smallest absolute Gasteiger partial charge is 0.310 e. The summed E-state index contributed by atoms with van der Waals surface area (Å²) in [5.74, 6) is -1.47. The number of aliphatic hydroxyl groups excluding tert-OH is 1. The third-order valence-electron chi connectivity index (χ3n) is 8.50. The van der Waals surface area contributed by atoms with Gasteiger partial charge in [-0.25, -0.2) is 0 Å². The highest BCUT2D eigenvalue weighted by Gasteiger charge is 2.76. The molecule has 4 aliphatic rings. The molecule has 3 unspecified atom stereocenters. The van der Waals surface area contributed by atoms with Gasteiger partial charge in [0.05, 0.1) is 23.2 Å². The Bertz CT molecular complexity index is 843. The van der Waals surface area contributed by atoms with Gasteiger partial charge in [0.25, 0.3) is 0 Å². The number of amides is 2. The quantitative estimate of drug-likeness (QED) is 0.264. The van der Waals surface area contributed by atoms with E-state index in [-0.39, 0.29) is 48.2 Å². The van der Waals surface area contributed by atoms with Crippen LogP contribution in [0.25, 0.3) is 0 Å². The molecule has 7 nitrogen and oxygen atoms in total. The van der Waals surface area contributed by atoms with Crippen LogP contribution in [0.5, 0.6) is 0 Å². The Balaban J connectivity index is 1.70. The third kappa shape index (κ3) is 4.45. The summed E-state index contributed by atoms with van der Waals surface area (Å²) in [6.07, 6.45) is 10.6. The molecule has 0 aromatic rings. The number of hydrogen-bond donors (Lipinski definition) is 1. The van der Waals surface area contributed by atoms with Crippen LogP contribution in [-0.2, 0) is 19.1 Å². The van der Waals surface area contributed by atoms with Crippen LogP contribution in [0.4, 0.5) is 0 Å². The number of aliphatic hydroxyl groups is 1. The fraction of sp³-hybridized carbons (Fsp3) is 0.741. The van der Waals surface area contributed by atoms with Crippen molar-refractivity contribution in [1.29, 1.82) is 0 Å². The first-order valence-electron chi connectivity index (χ1n) is 13.2. The van der Waals surface area contributed by atoms with Crippen LogP contribution in [0.2, 0.25) is 0 Å². The monoisotopic (exact) mass is 504 g/mol. The van der Waals surface area contributed by atoms with Crippen molar-refractivity contribution in [1.82, 2.24) is 9.80 Å². The van der Waals surface area contributed by atoms with E-state index in [9.17, 15) is 19.5 Å². The summed E-state index contributed by atoms with van der Waals surface area (Å²) in [5.41, 5.74) is 0. The first-order valence-corrected chi connectivity index (χ1v) is 14.1. The van der Waals surface area contributed by atoms with Crippen LogP contribution in [-0.4, -0.2) is 81.1 Å². The number of hydrogen-bond acceptors (Lipinski definition) is 6. The molecule has 4 fully saturated rings. The Morgan fingerprint density at radius 1 is 1.26 bits per heavy atom. The number of rotatable bonds is 11. The molecular formula is C27H40N2O5S. The molecule has 2 amide bonds. The molecule has 1 spiro atoms. The summed E-state index contributed by atoms with van der Waals surface area (Å²) in [6.45, 7) is 10.7. The second kappa shape index (κ2) is 11.1. The van der Waals surface area contributed by atoms with E-state index in [2.05, 4.69) is 20.1 Å². The molecule has 194 valence electrons. The molecule has 0 aromatic heterocycles. The maximum Gasteiger partial charge on any atom is 0.310 e. The van der Waals surface area contributed by atoms with Gasteiger partial charge in [0.2, 0.25) is 11.8 Å². The normalized spacial score (nSPS) is 34.1.